The maximum Gasteiger partial charge on any atom is 0.318 e. The Bertz CT molecular complexity index is 434. The van der Waals surface area contributed by atoms with Crippen molar-refractivity contribution in [2.45, 2.75) is 50.4 Å². The summed E-state index contributed by atoms with van der Waals surface area (Å²) in [5.74, 6) is -0.403. The van der Waals surface area contributed by atoms with E-state index in [0.717, 1.165) is 31.2 Å². The zero-order valence-corrected chi connectivity index (χ0v) is 10.6. The molecule has 1 aromatic carbocycles. The van der Waals surface area contributed by atoms with Gasteiger partial charge in [-0.2, -0.15) is 0 Å². The normalized spacial score (nSPS) is 30.4. The summed E-state index contributed by atoms with van der Waals surface area (Å²) in [5.41, 5.74) is 0.673. The van der Waals surface area contributed by atoms with Gasteiger partial charge in [0.2, 0.25) is 6.29 Å². The highest BCUT2D eigenvalue weighted by Gasteiger charge is 2.52. The number of ether oxygens (including phenoxy) is 2. The summed E-state index contributed by atoms with van der Waals surface area (Å²) < 4.78 is 11.3. The number of hydrogen-bond acceptors (Lipinski definition) is 3. The van der Waals surface area contributed by atoms with Gasteiger partial charge in [-0.25, -0.2) is 0 Å². The minimum Gasteiger partial charge on any atom is -0.436 e. The van der Waals surface area contributed by atoms with Crippen LogP contribution in [0.1, 0.15) is 44.1 Å². The molecule has 1 saturated carbocycles. The van der Waals surface area contributed by atoms with Crippen molar-refractivity contribution in [3.8, 4) is 0 Å². The molecule has 0 unspecified atom stereocenters. The first-order chi connectivity index (χ1) is 8.71. The van der Waals surface area contributed by atoms with E-state index in [2.05, 4.69) is 0 Å². The summed E-state index contributed by atoms with van der Waals surface area (Å²) in [7, 11) is 0. The molecular weight excluding hydrogens is 228 g/mol. The number of carbonyl (C=O) groups excluding carboxylic acids is 1. The van der Waals surface area contributed by atoms with Crippen molar-refractivity contribution < 1.29 is 14.3 Å². The fourth-order valence-electron chi connectivity index (χ4n) is 3.33. The first-order valence-corrected chi connectivity index (χ1v) is 6.64. The number of benzene rings is 1. The zero-order chi connectivity index (χ0) is 12.6. The molecule has 0 N–H and O–H groups in total. The Labute approximate surface area is 107 Å². The van der Waals surface area contributed by atoms with Crippen LogP contribution in [0, 0.1) is 0 Å². The topological polar surface area (TPSA) is 35.5 Å². The van der Waals surface area contributed by atoms with Crippen molar-refractivity contribution in [1.82, 2.24) is 0 Å². The first kappa shape index (κ1) is 11.7. The summed E-state index contributed by atoms with van der Waals surface area (Å²) in [6, 6.07) is 9.87. The third kappa shape index (κ3) is 1.83. The number of rotatable bonds is 1. The van der Waals surface area contributed by atoms with Gasteiger partial charge in [0.05, 0.1) is 5.60 Å². The fourth-order valence-corrected chi connectivity index (χ4v) is 3.33. The van der Waals surface area contributed by atoms with E-state index in [-0.39, 0.29) is 17.5 Å². The van der Waals surface area contributed by atoms with Crippen LogP contribution in [-0.2, 0) is 14.3 Å². The predicted molar refractivity (Wildman–Crippen MR) is 67.0 cm³/mol. The summed E-state index contributed by atoms with van der Waals surface area (Å²) in [6.07, 6.45) is 3.74. The first-order valence-electron chi connectivity index (χ1n) is 6.64. The molecule has 2 fully saturated rings. The molecule has 1 spiro atoms. The Morgan fingerprint density at radius 3 is 2.50 bits per heavy atom. The van der Waals surface area contributed by atoms with Gasteiger partial charge < -0.3 is 9.47 Å². The lowest BCUT2D eigenvalue weighted by atomic mass is 9.80. The lowest BCUT2D eigenvalue weighted by molar-refractivity contribution is -0.245. The van der Waals surface area contributed by atoms with Gasteiger partial charge >= 0.3 is 5.97 Å². The molecular formula is C15H18O3. The monoisotopic (exact) mass is 246 g/mol. The lowest BCUT2D eigenvalue weighted by Crippen LogP contribution is -2.49. The highest BCUT2D eigenvalue weighted by atomic mass is 16.7. The summed E-state index contributed by atoms with van der Waals surface area (Å²) in [4.78, 5) is 12.3. The minimum absolute atomic E-state index is 0.137. The van der Waals surface area contributed by atoms with Crippen LogP contribution in [0.3, 0.4) is 0 Å². The quantitative estimate of drug-likeness (QED) is 0.714. The largest absolute Gasteiger partial charge is 0.436 e. The molecule has 18 heavy (non-hydrogen) atoms. The van der Waals surface area contributed by atoms with Crippen molar-refractivity contribution >= 4 is 5.97 Å². The van der Waals surface area contributed by atoms with Crippen molar-refractivity contribution in [3.05, 3.63) is 35.9 Å². The SMILES string of the molecule is C[C@H]1OC(=O)[C@@H](c2ccccc2)C2(CCCC2)O1. The molecule has 0 radical (unpaired) electrons. The smallest absolute Gasteiger partial charge is 0.318 e. The molecule has 1 heterocycles. The van der Waals surface area contributed by atoms with E-state index in [1.807, 2.05) is 30.3 Å². The second kappa shape index (κ2) is 4.39. The Kier molecular flexibility index (Phi) is 2.86. The zero-order valence-electron chi connectivity index (χ0n) is 10.6. The molecule has 3 nitrogen and oxygen atoms in total. The van der Waals surface area contributed by atoms with E-state index in [9.17, 15) is 4.79 Å². The van der Waals surface area contributed by atoms with Gasteiger partial charge in [0.25, 0.3) is 0 Å². The fraction of sp³-hybridized carbons (Fsp3) is 0.533. The van der Waals surface area contributed by atoms with Crippen molar-refractivity contribution in [2.75, 3.05) is 0 Å². The van der Waals surface area contributed by atoms with Gasteiger partial charge in [-0.1, -0.05) is 43.2 Å². The number of hydrogen-bond donors (Lipinski definition) is 0. The molecule has 2 atom stereocenters. The van der Waals surface area contributed by atoms with Crippen LogP contribution >= 0.6 is 0 Å². The van der Waals surface area contributed by atoms with Crippen molar-refractivity contribution in [1.29, 1.82) is 0 Å². The maximum absolute atomic E-state index is 12.3. The molecule has 1 saturated heterocycles. The van der Waals surface area contributed by atoms with Gasteiger partial charge in [0.1, 0.15) is 5.92 Å². The van der Waals surface area contributed by atoms with Gasteiger partial charge in [0, 0.05) is 0 Å². The standard InChI is InChI=1S/C15H18O3/c1-11-17-14(16)13(12-7-3-2-4-8-12)15(18-11)9-5-6-10-15/h2-4,7-8,11,13H,5-6,9-10H2,1H3/t11-,13+/m0/s1. The molecule has 0 aromatic heterocycles. The number of cyclic esters (lactones) is 1. The van der Waals surface area contributed by atoms with Gasteiger partial charge in [-0.15, -0.1) is 0 Å². The Hall–Kier alpha value is -1.35. The third-order valence-electron chi connectivity index (χ3n) is 4.03. The molecule has 96 valence electrons. The molecule has 0 bridgehead atoms. The summed E-state index contributed by atoms with van der Waals surface area (Å²) >= 11 is 0. The summed E-state index contributed by atoms with van der Waals surface area (Å²) in [5, 5.41) is 0. The van der Waals surface area contributed by atoms with E-state index in [4.69, 9.17) is 9.47 Å². The van der Waals surface area contributed by atoms with E-state index in [1.165, 1.54) is 0 Å². The van der Waals surface area contributed by atoms with E-state index < -0.39 is 6.29 Å². The second-order valence-corrected chi connectivity index (χ2v) is 5.24. The average Bonchev–Trinajstić information content (AvgIpc) is 2.78. The molecule has 0 amide bonds. The summed E-state index contributed by atoms with van der Waals surface area (Å²) in [6.45, 7) is 1.80. The van der Waals surface area contributed by atoms with Crippen LogP contribution < -0.4 is 0 Å². The van der Waals surface area contributed by atoms with Crippen molar-refractivity contribution in [2.24, 2.45) is 0 Å². The highest BCUT2D eigenvalue weighted by molar-refractivity contribution is 5.80. The van der Waals surface area contributed by atoms with E-state index >= 15 is 0 Å². The van der Waals surface area contributed by atoms with E-state index in [1.54, 1.807) is 6.92 Å². The lowest BCUT2D eigenvalue weighted by Gasteiger charge is -2.42. The predicted octanol–water partition coefficient (Wildman–Crippen LogP) is 3.00. The van der Waals surface area contributed by atoms with Crippen molar-refractivity contribution in [3.63, 3.8) is 0 Å². The highest BCUT2D eigenvalue weighted by Crippen LogP contribution is 2.48. The third-order valence-corrected chi connectivity index (χ3v) is 4.03. The Morgan fingerprint density at radius 1 is 1.17 bits per heavy atom. The average molecular weight is 246 g/mol. The Balaban J connectivity index is 2.00. The number of carbonyl (C=O) groups is 1. The second-order valence-electron chi connectivity index (χ2n) is 5.24. The van der Waals surface area contributed by atoms with E-state index in [0.29, 0.717) is 0 Å². The maximum atomic E-state index is 12.3. The van der Waals surface area contributed by atoms with Gasteiger partial charge in [0.15, 0.2) is 0 Å². The molecule has 3 heteroatoms. The van der Waals surface area contributed by atoms with Crippen LogP contribution in [0.15, 0.2) is 30.3 Å². The van der Waals surface area contributed by atoms with Crippen LogP contribution in [-0.4, -0.2) is 17.9 Å². The van der Waals surface area contributed by atoms with Gasteiger partial charge in [-0.3, -0.25) is 4.79 Å². The molecule has 1 aliphatic carbocycles. The molecule has 2 aliphatic rings. The minimum atomic E-state index is -0.421. The van der Waals surface area contributed by atoms with Crippen LogP contribution in [0.2, 0.25) is 0 Å². The van der Waals surface area contributed by atoms with Gasteiger partial charge in [-0.05, 0) is 25.3 Å². The van der Waals surface area contributed by atoms with Crippen LogP contribution in [0.4, 0.5) is 0 Å². The van der Waals surface area contributed by atoms with Crippen LogP contribution in [0.25, 0.3) is 0 Å². The molecule has 1 aliphatic heterocycles. The van der Waals surface area contributed by atoms with Crippen LogP contribution in [0.5, 0.6) is 0 Å². The molecule has 3 rings (SSSR count). The number of esters is 1. The molecule has 1 aromatic rings. The Morgan fingerprint density at radius 2 is 1.83 bits per heavy atom.